The van der Waals surface area contributed by atoms with Crippen molar-refractivity contribution in [1.82, 2.24) is 10.4 Å². The molecule has 5 heteroatoms. The molecule has 0 saturated carbocycles. The Bertz CT molecular complexity index is 599. The second-order valence-corrected chi connectivity index (χ2v) is 7.17. The van der Waals surface area contributed by atoms with Crippen molar-refractivity contribution in [2.45, 2.75) is 46.0 Å². The van der Waals surface area contributed by atoms with Gasteiger partial charge in [-0.25, -0.2) is 5.48 Å². The Hall–Kier alpha value is -1.88. The van der Waals surface area contributed by atoms with Crippen LogP contribution in [0.5, 0.6) is 0 Å². The van der Waals surface area contributed by atoms with Gasteiger partial charge in [0.2, 0.25) is 11.8 Å². The highest BCUT2D eigenvalue weighted by Gasteiger charge is 2.45. The van der Waals surface area contributed by atoms with Crippen molar-refractivity contribution < 1.29 is 14.8 Å². The average molecular weight is 332 g/mol. The van der Waals surface area contributed by atoms with Crippen LogP contribution < -0.4 is 5.48 Å². The van der Waals surface area contributed by atoms with Gasteiger partial charge < -0.3 is 4.90 Å². The van der Waals surface area contributed by atoms with Crippen LogP contribution in [0, 0.1) is 18.8 Å². The average Bonchev–Trinajstić information content (AvgIpc) is 2.88. The molecule has 24 heavy (non-hydrogen) atoms. The van der Waals surface area contributed by atoms with Crippen molar-refractivity contribution in [3.63, 3.8) is 0 Å². The van der Waals surface area contributed by atoms with Gasteiger partial charge in [0.25, 0.3) is 0 Å². The van der Waals surface area contributed by atoms with E-state index in [-0.39, 0.29) is 11.8 Å². The van der Waals surface area contributed by atoms with Gasteiger partial charge in [0.05, 0.1) is 11.3 Å². The highest BCUT2D eigenvalue weighted by Crippen LogP contribution is 2.36. The fourth-order valence-electron chi connectivity index (χ4n) is 3.41. The van der Waals surface area contributed by atoms with Crippen LogP contribution in [0.4, 0.5) is 0 Å². The molecule has 1 aliphatic heterocycles. The molecular formula is C19H28N2O3. The van der Waals surface area contributed by atoms with E-state index in [9.17, 15) is 9.59 Å². The van der Waals surface area contributed by atoms with Crippen molar-refractivity contribution in [3.8, 4) is 0 Å². The highest BCUT2D eigenvalue weighted by molar-refractivity contribution is 5.90. The minimum Gasteiger partial charge on any atom is -0.341 e. The number of benzene rings is 1. The van der Waals surface area contributed by atoms with Crippen LogP contribution in [0.15, 0.2) is 24.3 Å². The van der Waals surface area contributed by atoms with E-state index in [0.717, 1.165) is 18.4 Å². The number of hydrogen-bond acceptors (Lipinski definition) is 3. The molecule has 0 aliphatic carbocycles. The molecule has 1 saturated heterocycles. The lowest BCUT2D eigenvalue weighted by Gasteiger charge is -2.28. The van der Waals surface area contributed by atoms with E-state index in [4.69, 9.17) is 5.21 Å². The third kappa shape index (κ3) is 3.46. The van der Waals surface area contributed by atoms with E-state index in [2.05, 4.69) is 0 Å². The zero-order chi connectivity index (χ0) is 17.9. The summed E-state index contributed by atoms with van der Waals surface area (Å²) < 4.78 is 0. The number of nitrogens with zero attached hydrogens (tertiary/aromatic N) is 1. The Morgan fingerprint density at radius 1 is 1.38 bits per heavy atom. The lowest BCUT2D eigenvalue weighted by atomic mass is 9.81. The first-order chi connectivity index (χ1) is 11.3. The number of hydroxylamine groups is 1. The van der Waals surface area contributed by atoms with Crippen LogP contribution in [-0.2, 0) is 15.0 Å². The van der Waals surface area contributed by atoms with E-state index in [1.165, 1.54) is 5.56 Å². The molecule has 0 bridgehead atoms. The minimum absolute atomic E-state index is 0.0606. The second kappa shape index (κ2) is 7.34. The first-order valence-electron chi connectivity index (χ1n) is 8.64. The zero-order valence-corrected chi connectivity index (χ0v) is 15.0. The Morgan fingerprint density at radius 2 is 2.00 bits per heavy atom. The van der Waals surface area contributed by atoms with Gasteiger partial charge in [-0.05, 0) is 31.7 Å². The summed E-state index contributed by atoms with van der Waals surface area (Å²) in [5.74, 6) is -0.660. The molecule has 1 fully saturated rings. The van der Waals surface area contributed by atoms with E-state index >= 15 is 0 Å². The number of rotatable bonds is 6. The number of amides is 2. The largest absolute Gasteiger partial charge is 0.341 e. The molecule has 0 aromatic heterocycles. The first kappa shape index (κ1) is 18.5. The number of nitrogens with one attached hydrogen (secondary N) is 1. The van der Waals surface area contributed by atoms with Gasteiger partial charge >= 0.3 is 0 Å². The summed E-state index contributed by atoms with van der Waals surface area (Å²) in [6.07, 6.45) is 1.55. The molecule has 2 rings (SSSR count). The van der Waals surface area contributed by atoms with Crippen molar-refractivity contribution in [1.29, 1.82) is 0 Å². The van der Waals surface area contributed by atoms with Gasteiger partial charge in [0.1, 0.15) is 0 Å². The van der Waals surface area contributed by atoms with Crippen LogP contribution in [0.25, 0.3) is 0 Å². The summed E-state index contributed by atoms with van der Waals surface area (Å²) in [5.41, 5.74) is 3.40. The first-order valence-corrected chi connectivity index (χ1v) is 8.64. The van der Waals surface area contributed by atoms with Crippen molar-refractivity contribution in [2.24, 2.45) is 11.8 Å². The van der Waals surface area contributed by atoms with Crippen molar-refractivity contribution in [2.75, 3.05) is 13.1 Å². The van der Waals surface area contributed by atoms with Crippen LogP contribution in [0.1, 0.15) is 44.7 Å². The van der Waals surface area contributed by atoms with E-state index in [1.54, 1.807) is 10.4 Å². The number of likely N-dealkylation sites (tertiary alicyclic amines) is 1. The summed E-state index contributed by atoms with van der Waals surface area (Å²) in [6.45, 7) is 8.96. The Kier molecular flexibility index (Phi) is 5.65. The monoisotopic (exact) mass is 332 g/mol. The maximum absolute atomic E-state index is 13.0. The fourth-order valence-corrected chi connectivity index (χ4v) is 3.41. The molecule has 5 nitrogen and oxygen atoms in total. The van der Waals surface area contributed by atoms with Gasteiger partial charge in [-0.3, -0.25) is 14.8 Å². The van der Waals surface area contributed by atoms with Crippen molar-refractivity contribution in [3.05, 3.63) is 35.4 Å². The van der Waals surface area contributed by atoms with Gasteiger partial charge in [-0.2, -0.15) is 0 Å². The quantitative estimate of drug-likeness (QED) is 0.621. The Morgan fingerprint density at radius 3 is 2.54 bits per heavy atom. The normalized spacial score (nSPS) is 23.2. The summed E-state index contributed by atoms with van der Waals surface area (Å²) in [6, 6.07) is 8.09. The molecule has 1 unspecified atom stereocenters. The SMILES string of the molecule is CC[C@@H](C)[C@@H](CN1CCC(C)(c2ccc(C)cc2)C1=O)C(=O)NO. The smallest absolute Gasteiger partial charge is 0.248 e. The molecular weight excluding hydrogens is 304 g/mol. The zero-order valence-electron chi connectivity index (χ0n) is 15.0. The van der Waals surface area contributed by atoms with Gasteiger partial charge in [0.15, 0.2) is 0 Å². The number of carbonyl (C=O) groups excluding carboxylic acids is 2. The molecule has 2 N–H and O–H groups in total. The molecule has 1 aliphatic rings. The summed E-state index contributed by atoms with van der Waals surface area (Å²) >= 11 is 0. The van der Waals surface area contributed by atoms with Gasteiger partial charge in [0, 0.05) is 13.1 Å². The third-order valence-corrected chi connectivity index (χ3v) is 5.52. The molecule has 1 heterocycles. The number of aryl methyl sites for hydroxylation is 1. The fraction of sp³-hybridized carbons (Fsp3) is 0.579. The predicted octanol–water partition coefficient (Wildman–Crippen LogP) is 2.65. The summed E-state index contributed by atoms with van der Waals surface area (Å²) in [4.78, 5) is 26.7. The van der Waals surface area contributed by atoms with Crippen molar-refractivity contribution >= 4 is 11.8 Å². The van der Waals surface area contributed by atoms with Gasteiger partial charge in [-0.15, -0.1) is 0 Å². The van der Waals surface area contributed by atoms with Crippen LogP contribution in [0.2, 0.25) is 0 Å². The second-order valence-electron chi connectivity index (χ2n) is 7.17. The molecule has 132 valence electrons. The molecule has 2 amide bonds. The number of hydrogen-bond donors (Lipinski definition) is 2. The van der Waals surface area contributed by atoms with Crippen LogP contribution in [-0.4, -0.2) is 35.0 Å². The van der Waals surface area contributed by atoms with E-state index < -0.39 is 17.2 Å². The summed E-state index contributed by atoms with van der Waals surface area (Å²) in [5, 5.41) is 8.99. The lowest BCUT2D eigenvalue weighted by Crippen LogP contribution is -2.44. The number of carbonyl (C=O) groups is 2. The predicted molar refractivity (Wildman–Crippen MR) is 92.6 cm³/mol. The Labute approximate surface area is 144 Å². The molecule has 1 aromatic carbocycles. The Balaban J connectivity index is 2.18. The minimum atomic E-state index is -0.538. The highest BCUT2D eigenvalue weighted by atomic mass is 16.5. The maximum Gasteiger partial charge on any atom is 0.248 e. The van der Waals surface area contributed by atoms with E-state index in [0.29, 0.717) is 13.1 Å². The lowest BCUT2D eigenvalue weighted by molar-refractivity contribution is -0.138. The standard InChI is InChI=1S/C19H28N2O3/c1-5-14(3)16(17(22)20-24)12-21-11-10-19(4,18(21)23)15-8-6-13(2)7-9-15/h6-9,14,16,24H,5,10-12H2,1-4H3,(H,20,22)/t14-,16-,19?/m1/s1. The third-order valence-electron chi connectivity index (χ3n) is 5.52. The van der Waals surface area contributed by atoms with Gasteiger partial charge in [-0.1, -0.05) is 50.1 Å². The maximum atomic E-state index is 13.0. The van der Waals surface area contributed by atoms with E-state index in [1.807, 2.05) is 52.0 Å². The molecule has 1 aromatic rings. The molecule has 3 atom stereocenters. The van der Waals surface area contributed by atoms with Crippen LogP contribution in [0.3, 0.4) is 0 Å². The molecule has 0 spiro atoms. The topological polar surface area (TPSA) is 69.6 Å². The summed E-state index contributed by atoms with van der Waals surface area (Å²) in [7, 11) is 0. The van der Waals surface area contributed by atoms with Crippen LogP contribution >= 0.6 is 0 Å². The molecule has 0 radical (unpaired) electrons.